The van der Waals surface area contributed by atoms with Gasteiger partial charge in [-0.3, -0.25) is 10.0 Å². The van der Waals surface area contributed by atoms with Crippen molar-refractivity contribution in [2.75, 3.05) is 11.0 Å². The first-order valence-electron chi connectivity index (χ1n) is 8.00. The summed E-state index contributed by atoms with van der Waals surface area (Å²) in [7, 11) is -3.47. The summed E-state index contributed by atoms with van der Waals surface area (Å²) in [5, 5.41) is 13.2. The van der Waals surface area contributed by atoms with Gasteiger partial charge in [0.05, 0.1) is 11.9 Å². The molecule has 25 heavy (non-hydrogen) atoms. The summed E-state index contributed by atoms with van der Waals surface area (Å²) in [4.78, 5) is 0. The summed E-state index contributed by atoms with van der Waals surface area (Å²) >= 11 is 0. The highest BCUT2D eigenvalue weighted by Gasteiger charge is 2.15. The molecule has 3 N–H and O–H groups in total. The fraction of sp³-hybridized carbons (Fsp3) is 0.333. The third-order valence-corrected chi connectivity index (χ3v) is 3.91. The molecule has 0 aromatic heterocycles. The highest BCUT2D eigenvalue weighted by Crippen LogP contribution is 2.26. The summed E-state index contributed by atoms with van der Waals surface area (Å²) in [6.45, 7) is 4.05. The largest absolute Gasteiger partial charge is 0.506 e. The lowest BCUT2D eigenvalue weighted by Gasteiger charge is -2.23. The van der Waals surface area contributed by atoms with E-state index in [0.29, 0.717) is 6.42 Å². The molecule has 1 unspecified atom stereocenters. The predicted octanol–water partition coefficient (Wildman–Crippen LogP) is 2.71. The number of rotatable bonds is 8. The van der Waals surface area contributed by atoms with Gasteiger partial charge in [0.15, 0.2) is 6.23 Å². The zero-order chi connectivity index (χ0) is 18.4. The van der Waals surface area contributed by atoms with E-state index in [1.165, 1.54) is 6.07 Å². The number of aromatic hydroxyl groups is 1. The molecule has 6 nitrogen and oxygen atoms in total. The molecule has 0 aliphatic rings. The van der Waals surface area contributed by atoms with Crippen LogP contribution in [0.2, 0.25) is 0 Å². The first-order valence-corrected chi connectivity index (χ1v) is 9.89. The molecular formula is C18H24N2O4S. The van der Waals surface area contributed by atoms with Gasteiger partial charge in [-0.25, -0.2) is 8.42 Å². The highest BCUT2D eigenvalue weighted by molar-refractivity contribution is 7.92. The number of anilines is 1. The molecule has 7 heteroatoms. The SMILES string of the molecule is CC(C)NC(Cc1ccc(O)c(NS(C)(=O)=O)c1)Oc1ccccc1. The number of para-hydroxylation sites is 1. The minimum absolute atomic E-state index is 0.119. The third-order valence-electron chi connectivity index (χ3n) is 3.32. The minimum atomic E-state index is -3.47. The Labute approximate surface area is 148 Å². The van der Waals surface area contributed by atoms with Crippen molar-refractivity contribution in [3.8, 4) is 11.5 Å². The molecular weight excluding hydrogens is 340 g/mol. The molecule has 0 fully saturated rings. The van der Waals surface area contributed by atoms with Gasteiger partial charge in [0.2, 0.25) is 10.0 Å². The zero-order valence-corrected chi connectivity index (χ0v) is 15.4. The van der Waals surface area contributed by atoms with E-state index in [4.69, 9.17) is 4.74 Å². The maximum atomic E-state index is 11.4. The van der Waals surface area contributed by atoms with E-state index < -0.39 is 10.0 Å². The molecule has 2 aromatic rings. The van der Waals surface area contributed by atoms with Gasteiger partial charge < -0.3 is 9.84 Å². The zero-order valence-electron chi connectivity index (χ0n) is 14.6. The van der Waals surface area contributed by atoms with Crippen molar-refractivity contribution in [3.63, 3.8) is 0 Å². The number of nitrogens with one attached hydrogen (secondary N) is 2. The van der Waals surface area contributed by atoms with Crippen LogP contribution in [-0.4, -0.2) is 32.0 Å². The molecule has 0 aliphatic carbocycles. The van der Waals surface area contributed by atoms with Crippen molar-refractivity contribution < 1.29 is 18.3 Å². The van der Waals surface area contributed by atoms with Crippen LogP contribution in [0, 0.1) is 0 Å². The van der Waals surface area contributed by atoms with E-state index in [1.807, 2.05) is 44.2 Å². The minimum Gasteiger partial charge on any atom is -0.506 e. The standard InChI is InChI=1S/C18H24N2O4S/c1-13(2)19-18(24-15-7-5-4-6-8-15)12-14-9-10-17(21)16(11-14)20-25(3,22)23/h4-11,13,18-21H,12H2,1-3H3. The number of hydrogen-bond donors (Lipinski definition) is 3. The van der Waals surface area contributed by atoms with Gasteiger partial charge in [-0.1, -0.05) is 24.3 Å². The Hall–Kier alpha value is -2.25. The number of sulfonamides is 1. The van der Waals surface area contributed by atoms with Gasteiger partial charge in [-0.15, -0.1) is 0 Å². The van der Waals surface area contributed by atoms with Gasteiger partial charge in [0, 0.05) is 12.5 Å². The van der Waals surface area contributed by atoms with Gasteiger partial charge in [-0.05, 0) is 43.7 Å². The Morgan fingerprint density at radius 2 is 1.80 bits per heavy atom. The maximum Gasteiger partial charge on any atom is 0.229 e. The van der Waals surface area contributed by atoms with Crippen LogP contribution in [0.4, 0.5) is 5.69 Å². The van der Waals surface area contributed by atoms with Gasteiger partial charge >= 0.3 is 0 Å². The smallest absolute Gasteiger partial charge is 0.229 e. The monoisotopic (exact) mass is 364 g/mol. The van der Waals surface area contributed by atoms with E-state index in [-0.39, 0.29) is 23.7 Å². The fourth-order valence-corrected chi connectivity index (χ4v) is 2.94. The van der Waals surface area contributed by atoms with Gasteiger partial charge in [-0.2, -0.15) is 0 Å². The number of ether oxygens (including phenoxy) is 1. The maximum absolute atomic E-state index is 11.4. The molecule has 136 valence electrons. The second-order valence-corrected chi connectivity index (χ2v) is 7.92. The van der Waals surface area contributed by atoms with Crippen molar-refractivity contribution in [1.82, 2.24) is 5.32 Å². The van der Waals surface area contributed by atoms with Crippen LogP contribution in [-0.2, 0) is 16.4 Å². The Balaban J connectivity index is 2.18. The number of phenols is 1. The van der Waals surface area contributed by atoms with Crippen LogP contribution in [0.25, 0.3) is 0 Å². The topological polar surface area (TPSA) is 87.7 Å². The third kappa shape index (κ3) is 6.64. The Morgan fingerprint density at radius 1 is 1.12 bits per heavy atom. The summed E-state index contributed by atoms with van der Waals surface area (Å²) in [5.74, 6) is 0.625. The molecule has 0 saturated carbocycles. The Kier molecular flexibility index (Phi) is 6.27. The lowest BCUT2D eigenvalue weighted by Crippen LogP contribution is -2.40. The normalized spacial score (nSPS) is 12.8. The van der Waals surface area contributed by atoms with E-state index in [2.05, 4.69) is 10.0 Å². The average Bonchev–Trinajstić information content (AvgIpc) is 2.49. The summed E-state index contributed by atoms with van der Waals surface area (Å²) in [6, 6.07) is 14.5. The first-order chi connectivity index (χ1) is 11.7. The summed E-state index contributed by atoms with van der Waals surface area (Å²) in [6.07, 6.45) is 1.25. The average molecular weight is 364 g/mol. The van der Waals surface area contributed by atoms with Crippen molar-refractivity contribution in [1.29, 1.82) is 0 Å². The quantitative estimate of drug-likeness (QED) is 0.495. The molecule has 0 heterocycles. The van der Waals surface area contributed by atoms with Gasteiger partial charge in [0.25, 0.3) is 0 Å². The second kappa shape index (κ2) is 8.22. The molecule has 0 bridgehead atoms. The number of hydrogen-bond acceptors (Lipinski definition) is 5. The Bertz CT molecular complexity index is 792. The molecule has 0 spiro atoms. The van der Waals surface area contributed by atoms with Crippen LogP contribution in [0.1, 0.15) is 19.4 Å². The van der Waals surface area contributed by atoms with Crippen LogP contribution < -0.4 is 14.8 Å². The van der Waals surface area contributed by atoms with E-state index in [9.17, 15) is 13.5 Å². The van der Waals surface area contributed by atoms with Crippen molar-refractivity contribution in [2.45, 2.75) is 32.5 Å². The van der Waals surface area contributed by atoms with Crippen molar-refractivity contribution in [2.24, 2.45) is 0 Å². The van der Waals surface area contributed by atoms with Crippen molar-refractivity contribution >= 4 is 15.7 Å². The fourth-order valence-electron chi connectivity index (χ4n) is 2.38. The Morgan fingerprint density at radius 3 is 2.40 bits per heavy atom. The van der Waals surface area contributed by atoms with Crippen LogP contribution in [0.3, 0.4) is 0 Å². The van der Waals surface area contributed by atoms with E-state index in [1.54, 1.807) is 12.1 Å². The lowest BCUT2D eigenvalue weighted by atomic mass is 10.1. The summed E-state index contributed by atoms with van der Waals surface area (Å²) in [5.41, 5.74) is 0.987. The highest BCUT2D eigenvalue weighted by atomic mass is 32.2. The number of benzene rings is 2. The summed E-state index contributed by atoms with van der Waals surface area (Å²) < 4.78 is 31.1. The first kappa shape index (κ1) is 19.1. The lowest BCUT2D eigenvalue weighted by molar-refractivity contribution is 0.153. The van der Waals surface area contributed by atoms with E-state index in [0.717, 1.165) is 17.6 Å². The molecule has 0 radical (unpaired) electrons. The second-order valence-electron chi connectivity index (χ2n) is 6.17. The molecule has 0 amide bonds. The molecule has 2 aromatic carbocycles. The number of phenolic OH excluding ortho intramolecular Hbond substituents is 1. The predicted molar refractivity (Wildman–Crippen MR) is 99.4 cm³/mol. The van der Waals surface area contributed by atoms with E-state index >= 15 is 0 Å². The molecule has 1 atom stereocenters. The van der Waals surface area contributed by atoms with Gasteiger partial charge in [0.1, 0.15) is 11.5 Å². The molecule has 2 rings (SSSR count). The van der Waals surface area contributed by atoms with Crippen LogP contribution in [0.5, 0.6) is 11.5 Å². The van der Waals surface area contributed by atoms with Crippen molar-refractivity contribution in [3.05, 3.63) is 54.1 Å². The van der Waals surface area contributed by atoms with Crippen LogP contribution >= 0.6 is 0 Å². The molecule has 0 saturated heterocycles. The van der Waals surface area contributed by atoms with Crippen LogP contribution in [0.15, 0.2) is 48.5 Å². The molecule has 0 aliphatic heterocycles.